The quantitative estimate of drug-likeness (QED) is 0.701. The third-order valence-corrected chi connectivity index (χ3v) is 2.92. The Hall–Kier alpha value is -1.87. The largest absolute Gasteiger partial charge is 0.337 e. The topological polar surface area (TPSA) is 41.6 Å². The van der Waals surface area contributed by atoms with Crippen molar-refractivity contribution in [2.75, 3.05) is 0 Å². The molecule has 0 bridgehead atoms. The van der Waals surface area contributed by atoms with E-state index in [1.807, 2.05) is 36.4 Å². The highest BCUT2D eigenvalue weighted by Gasteiger charge is 2.05. The minimum atomic E-state index is 0.506. The molecule has 2 heterocycles. The van der Waals surface area contributed by atoms with Gasteiger partial charge in [0.2, 0.25) is 0 Å². The molecule has 0 atom stereocenters. The number of nitrogens with zero attached hydrogens (tertiary/aromatic N) is 2. The Morgan fingerprint density at radius 1 is 1.18 bits per heavy atom. The SMILES string of the molecule is ClCc1cccc(-c2nc3ncccc3[nH]2)c1. The maximum atomic E-state index is 5.82. The summed E-state index contributed by atoms with van der Waals surface area (Å²) in [5.74, 6) is 1.33. The van der Waals surface area contributed by atoms with Gasteiger partial charge in [-0.1, -0.05) is 18.2 Å². The van der Waals surface area contributed by atoms with Crippen LogP contribution in [0.3, 0.4) is 0 Å². The first-order chi connectivity index (χ1) is 8.36. The molecule has 0 aliphatic heterocycles. The molecule has 0 amide bonds. The van der Waals surface area contributed by atoms with Gasteiger partial charge in [0, 0.05) is 17.6 Å². The van der Waals surface area contributed by atoms with Crippen molar-refractivity contribution < 1.29 is 0 Å². The number of halogens is 1. The van der Waals surface area contributed by atoms with Gasteiger partial charge in [0.25, 0.3) is 0 Å². The second-order valence-corrected chi connectivity index (χ2v) is 4.06. The summed E-state index contributed by atoms with van der Waals surface area (Å²) in [7, 11) is 0. The van der Waals surface area contributed by atoms with Crippen LogP contribution in [-0.2, 0) is 5.88 Å². The Labute approximate surface area is 103 Å². The number of hydrogen-bond acceptors (Lipinski definition) is 2. The molecule has 1 N–H and O–H groups in total. The zero-order valence-corrected chi connectivity index (χ0v) is 9.78. The normalized spacial score (nSPS) is 10.9. The van der Waals surface area contributed by atoms with Crippen LogP contribution in [0.1, 0.15) is 5.56 Å². The van der Waals surface area contributed by atoms with Crippen LogP contribution in [-0.4, -0.2) is 15.0 Å². The van der Waals surface area contributed by atoms with Crippen LogP contribution in [0.5, 0.6) is 0 Å². The van der Waals surface area contributed by atoms with Gasteiger partial charge in [-0.15, -0.1) is 11.6 Å². The number of aromatic nitrogens is 3. The molecule has 17 heavy (non-hydrogen) atoms. The molecule has 2 aromatic heterocycles. The number of nitrogens with one attached hydrogen (secondary N) is 1. The number of H-pyrrole nitrogens is 1. The van der Waals surface area contributed by atoms with Crippen molar-refractivity contribution in [3.8, 4) is 11.4 Å². The smallest absolute Gasteiger partial charge is 0.178 e. The lowest BCUT2D eigenvalue weighted by molar-refractivity contribution is 1.29. The van der Waals surface area contributed by atoms with Crippen LogP contribution in [0.25, 0.3) is 22.6 Å². The first kappa shape index (κ1) is 10.3. The lowest BCUT2D eigenvalue weighted by atomic mass is 10.1. The van der Waals surface area contributed by atoms with Crippen molar-refractivity contribution in [2.24, 2.45) is 0 Å². The van der Waals surface area contributed by atoms with Crippen LogP contribution in [0.15, 0.2) is 42.6 Å². The number of pyridine rings is 1. The summed E-state index contributed by atoms with van der Waals surface area (Å²) in [4.78, 5) is 11.9. The second kappa shape index (κ2) is 4.18. The van der Waals surface area contributed by atoms with Crippen LogP contribution in [0, 0.1) is 0 Å². The van der Waals surface area contributed by atoms with Gasteiger partial charge in [0.15, 0.2) is 5.65 Å². The molecule has 0 aliphatic rings. The predicted octanol–water partition coefficient (Wildman–Crippen LogP) is 3.36. The van der Waals surface area contributed by atoms with E-state index in [0.29, 0.717) is 5.88 Å². The summed E-state index contributed by atoms with van der Waals surface area (Å²) in [5, 5.41) is 0. The molecule has 3 nitrogen and oxygen atoms in total. The standard InChI is InChI=1S/C13H10ClN3/c14-8-9-3-1-4-10(7-9)12-16-11-5-2-6-15-13(11)17-12/h1-7H,8H2,(H,15,16,17). The molecule has 0 radical (unpaired) electrons. The molecular formula is C13H10ClN3. The Balaban J connectivity index is 2.13. The second-order valence-electron chi connectivity index (χ2n) is 3.79. The molecular weight excluding hydrogens is 234 g/mol. The Bertz CT molecular complexity index is 627. The van der Waals surface area contributed by atoms with Crippen LogP contribution in [0.4, 0.5) is 0 Å². The van der Waals surface area contributed by atoms with Gasteiger partial charge in [-0.3, -0.25) is 0 Å². The summed E-state index contributed by atoms with van der Waals surface area (Å²) in [5.41, 5.74) is 3.79. The molecule has 1 aromatic carbocycles. The van der Waals surface area contributed by atoms with Gasteiger partial charge in [-0.05, 0) is 23.8 Å². The number of rotatable bonds is 2. The lowest BCUT2D eigenvalue weighted by Gasteiger charge is -1.98. The van der Waals surface area contributed by atoms with Gasteiger partial charge < -0.3 is 4.98 Å². The zero-order valence-electron chi connectivity index (χ0n) is 9.02. The van der Waals surface area contributed by atoms with Gasteiger partial charge in [-0.25, -0.2) is 9.97 Å². The number of hydrogen-bond donors (Lipinski definition) is 1. The average Bonchev–Trinajstić information content (AvgIpc) is 2.82. The van der Waals surface area contributed by atoms with E-state index in [9.17, 15) is 0 Å². The Morgan fingerprint density at radius 2 is 2.12 bits per heavy atom. The number of alkyl halides is 1. The minimum Gasteiger partial charge on any atom is -0.337 e. The number of benzene rings is 1. The molecule has 3 aromatic rings. The van der Waals surface area contributed by atoms with Crippen molar-refractivity contribution in [1.29, 1.82) is 0 Å². The summed E-state index contributed by atoms with van der Waals surface area (Å²) in [6, 6.07) is 11.9. The van der Waals surface area contributed by atoms with E-state index in [1.54, 1.807) is 6.20 Å². The van der Waals surface area contributed by atoms with Crippen LogP contribution >= 0.6 is 11.6 Å². The molecule has 0 unspecified atom stereocenters. The van der Waals surface area contributed by atoms with Crippen LogP contribution in [0.2, 0.25) is 0 Å². The van der Waals surface area contributed by atoms with E-state index < -0.39 is 0 Å². The first-order valence-electron chi connectivity index (χ1n) is 5.33. The maximum Gasteiger partial charge on any atom is 0.178 e. The summed E-state index contributed by atoms with van der Waals surface area (Å²) < 4.78 is 0. The van der Waals surface area contributed by atoms with E-state index >= 15 is 0 Å². The highest BCUT2D eigenvalue weighted by atomic mass is 35.5. The van der Waals surface area contributed by atoms with Crippen molar-refractivity contribution in [2.45, 2.75) is 5.88 Å². The highest BCUT2D eigenvalue weighted by molar-refractivity contribution is 6.17. The average molecular weight is 244 g/mol. The van der Waals surface area contributed by atoms with Crippen molar-refractivity contribution in [3.63, 3.8) is 0 Å². The third kappa shape index (κ3) is 1.89. The van der Waals surface area contributed by atoms with Crippen LogP contribution < -0.4 is 0 Å². The number of fused-ring (bicyclic) bond motifs is 1. The molecule has 4 heteroatoms. The summed E-state index contributed by atoms with van der Waals surface area (Å²) in [6.45, 7) is 0. The predicted molar refractivity (Wildman–Crippen MR) is 68.9 cm³/mol. The number of aromatic amines is 1. The summed E-state index contributed by atoms with van der Waals surface area (Å²) in [6.07, 6.45) is 1.74. The van der Waals surface area contributed by atoms with Gasteiger partial charge in [-0.2, -0.15) is 0 Å². The molecule has 0 fully saturated rings. The fraction of sp³-hybridized carbons (Fsp3) is 0.0769. The van der Waals surface area contributed by atoms with Gasteiger partial charge >= 0.3 is 0 Å². The van der Waals surface area contributed by atoms with E-state index in [0.717, 1.165) is 28.1 Å². The maximum absolute atomic E-state index is 5.82. The Kier molecular flexibility index (Phi) is 2.53. The van der Waals surface area contributed by atoms with E-state index in [-0.39, 0.29) is 0 Å². The lowest BCUT2D eigenvalue weighted by Crippen LogP contribution is -1.83. The monoisotopic (exact) mass is 243 g/mol. The van der Waals surface area contributed by atoms with Crippen molar-refractivity contribution in [3.05, 3.63) is 48.2 Å². The molecule has 0 saturated heterocycles. The van der Waals surface area contributed by atoms with E-state index in [2.05, 4.69) is 15.0 Å². The fourth-order valence-electron chi connectivity index (χ4n) is 1.78. The fourth-order valence-corrected chi connectivity index (χ4v) is 1.95. The molecule has 0 aliphatic carbocycles. The third-order valence-electron chi connectivity index (χ3n) is 2.61. The first-order valence-corrected chi connectivity index (χ1v) is 5.86. The summed E-state index contributed by atoms with van der Waals surface area (Å²) >= 11 is 5.82. The van der Waals surface area contributed by atoms with Crippen molar-refractivity contribution >= 4 is 22.8 Å². The molecule has 0 spiro atoms. The highest BCUT2D eigenvalue weighted by Crippen LogP contribution is 2.20. The number of imidazole rings is 1. The van der Waals surface area contributed by atoms with E-state index in [4.69, 9.17) is 11.6 Å². The Morgan fingerprint density at radius 3 is 2.94 bits per heavy atom. The zero-order chi connectivity index (χ0) is 11.7. The van der Waals surface area contributed by atoms with E-state index in [1.165, 1.54) is 0 Å². The van der Waals surface area contributed by atoms with Gasteiger partial charge in [0.05, 0.1) is 5.52 Å². The molecule has 0 saturated carbocycles. The van der Waals surface area contributed by atoms with Crippen molar-refractivity contribution in [1.82, 2.24) is 15.0 Å². The van der Waals surface area contributed by atoms with Gasteiger partial charge in [0.1, 0.15) is 5.82 Å². The minimum absolute atomic E-state index is 0.506. The molecule has 84 valence electrons. The molecule has 3 rings (SSSR count).